The van der Waals surface area contributed by atoms with Gasteiger partial charge in [-0.1, -0.05) is 72.6 Å². The lowest BCUT2D eigenvalue weighted by atomic mass is 10.1. The Kier molecular flexibility index (Phi) is 10.2. The molecule has 0 aromatic heterocycles. The Hall–Kier alpha value is -3.07. The number of hydrogen-bond donors (Lipinski definition) is 1. The number of hydrogen-bond acceptors (Lipinski definition) is 4. The van der Waals surface area contributed by atoms with E-state index in [1.54, 1.807) is 75.4 Å². The Morgan fingerprint density at radius 2 is 1.61 bits per heavy atom. The Morgan fingerprint density at radius 1 is 0.947 bits per heavy atom. The third-order valence-corrected chi connectivity index (χ3v) is 8.46. The summed E-state index contributed by atoms with van der Waals surface area (Å²) in [7, 11) is -4.17. The van der Waals surface area contributed by atoms with E-state index in [9.17, 15) is 18.0 Å². The topological polar surface area (TPSA) is 86.8 Å². The third kappa shape index (κ3) is 6.87. The molecule has 10 heteroatoms. The number of nitrogens with one attached hydrogen (secondary N) is 1. The first-order valence-corrected chi connectivity index (χ1v) is 14.4. The average molecular weight is 577 g/mol. The minimum absolute atomic E-state index is 0.0283. The lowest BCUT2D eigenvalue weighted by Crippen LogP contribution is -2.52. The van der Waals surface area contributed by atoms with Crippen molar-refractivity contribution in [3.05, 3.63) is 94.0 Å². The van der Waals surface area contributed by atoms with Gasteiger partial charge in [0, 0.05) is 23.1 Å². The zero-order valence-electron chi connectivity index (χ0n) is 21.5. The van der Waals surface area contributed by atoms with Gasteiger partial charge in [0.2, 0.25) is 11.8 Å². The minimum Gasteiger partial charge on any atom is -0.355 e. The highest BCUT2D eigenvalue weighted by molar-refractivity contribution is 7.92. The van der Waals surface area contributed by atoms with Crippen LogP contribution < -0.4 is 9.62 Å². The van der Waals surface area contributed by atoms with Gasteiger partial charge in [-0.05, 0) is 61.7 Å². The SMILES string of the molecule is CCNC(=O)C(CC)N(Cc1ccccc1Cl)C(=O)CN(c1cc(Cl)ccc1C)S(=O)(=O)c1ccccc1. The molecule has 0 radical (unpaired) electrons. The summed E-state index contributed by atoms with van der Waals surface area (Å²) in [5.41, 5.74) is 1.54. The monoisotopic (exact) mass is 575 g/mol. The van der Waals surface area contributed by atoms with Crippen molar-refractivity contribution in [2.24, 2.45) is 0 Å². The summed E-state index contributed by atoms with van der Waals surface area (Å²) in [6, 6.07) is 19.0. The number of carbonyl (C=O) groups excluding carboxylic acids is 2. The molecular weight excluding hydrogens is 545 g/mol. The van der Waals surface area contributed by atoms with E-state index in [1.165, 1.54) is 23.1 Å². The first kappa shape index (κ1) is 29.5. The molecule has 0 aliphatic carbocycles. The molecule has 0 heterocycles. The highest BCUT2D eigenvalue weighted by Gasteiger charge is 2.34. The number of nitrogens with zero attached hydrogens (tertiary/aromatic N) is 2. The van der Waals surface area contributed by atoms with Crippen LogP contribution in [0, 0.1) is 6.92 Å². The summed E-state index contributed by atoms with van der Waals surface area (Å²) in [4.78, 5) is 28.4. The van der Waals surface area contributed by atoms with Crippen LogP contribution >= 0.6 is 23.2 Å². The molecule has 7 nitrogen and oxygen atoms in total. The molecule has 3 aromatic carbocycles. The summed E-state index contributed by atoms with van der Waals surface area (Å²) in [5.74, 6) is -0.881. The molecule has 1 N–H and O–H groups in total. The summed E-state index contributed by atoms with van der Waals surface area (Å²) in [6.45, 7) is 5.21. The fourth-order valence-corrected chi connectivity index (χ4v) is 5.96. The number of amides is 2. The van der Waals surface area contributed by atoms with Crippen LogP contribution in [-0.2, 0) is 26.2 Å². The zero-order chi connectivity index (χ0) is 27.9. The number of carbonyl (C=O) groups is 2. The molecule has 1 unspecified atom stereocenters. The second-order valence-electron chi connectivity index (χ2n) is 8.69. The standard InChI is InChI=1S/C28H31Cl2N3O4S/c1-4-25(28(35)31-5-2)32(18-21-11-9-10-14-24(21)30)27(34)19-33(26-17-22(29)16-15-20(26)3)38(36,37)23-12-7-6-8-13-23/h6-17,25H,4-5,18-19H2,1-3H3,(H,31,35). The second kappa shape index (κ2) is 13.1. The first-order chi connectivity index (χ1) is 18.1. The van der Waals surface area contributed by atoms with Crippen molar-refractivity contribution in [1.29, 1.82) is 0 Å². The zero-order valence-corrected chi connectivity index (χ0v) is 23.9. The van der Waals surface area contributed by atoms with E-state index in [1.807, 2.05) is 0 Å². The van der Waals surface area contributed by atoms with Gasteiger partial charge >= 0.3 is 0 Å². The van der Waals surface area contributed by atoms with Gasteiger partial charge in [0.05, 0.1) is 10.6 Å². The van der Waals surface area contributed by atoms with Crippen molar-refractivity contribution in [3.8, 4) is 0 Å². The Balaban J connectivity index is 2.11. The highest BCUT2D eigenvalue weighted by atomic mass is 35.5. The molecule has 0 aliphatic heterocycles. The average Bonchev–Trinajstić information content (AvgIpc) is 2.90. The molecule has 2 amide bonds. The van der Waals surface area contributed by atoms with Crippen LogP contribution in [0.4, 0.5) is 5.69 Å². The maximum Gasteiger partial charge on any atom is 0.264 e. The molecule has 3 rings (SSSR count). The number of aryl methyl sites for hydroxylation is 1. The fraction of sp³-hybridized carbons (Fsp3) is 0.286. The van der Waals surface area contributed by atoms with Crippen LogP contribution in [0.15, 0.2) is 77.7 Å². The van der Waals surface area contributed by atoms with Crippen molar-refractivity contribution < 1.29 is 18.0 Å². The van der Waals surface area contributed by atoms with Crippen molar-refractivity contribution in [3.63, 3.8) is 0 Å². The molecule has 0 saturated carbocycles. The highest BCUT2D eigenvalue weighted by Crippen LogP contribution is 2.30. The molecule has 0 aliphatic rings. The molecule has 0 spiro atoms. The largest absolute Gasteiger partial charge is 0.355 e. The predicted molar refractivity (Wildman–Crippen MR) is 152 cm³/mol. The van der Waals surface area contributed by atoms with Gasteiger partial charge in [-0.2, -0.15) is 0 Å². The first-order valence-electron chi connectivity index (χ1n) is 12.2. The van der Waals surface area contributed by atoms with E-state index in [-0.39, 0.29) is 23.0 Å². The Morgan fingerprint density at radius 3 is 2.24 bits per heavy atom. The van der Waals surface area contributed by atoms with E-state index in [0.717, 1.165) is 4.31 Å². The maximum absolute atomic E-state index is 14.0. The van der Waals surface area contributed by atoms with Crippen LogP contribution in [0.25, 0.3) is 0 Å². The van der Waals surface area contributed by atoms with E-state index >= 15 is 0 Å². The van der Waals surface area contributed by atoms with E-state index < -0.39 is 28.5 Å². The number of benzene rings is 3. The molecule has 3 aromatic rings. The van der Waals surface area contributed by atoms with Crippen molar-refractivity contribution in [2.45, 2.75) is 44.7 Å². The molecule has 0 bridgehead atoms. The van der Waals surface area contributed by atoms with Crippen LogP contribution in [0.2, 0.25) is 10.0 Å². The normalized spacial score (nSPS) is 12.0. The van der Waals surface area contributed by atoms with Gasteiger partial charge in [0.1, 0.15) is 12.6 Å². The summed E-state index contributed by atoms with van der Waals surface area (Å²) >= 11 is 12.6. The van der Waals surface area contributed by atoms with Gasteiger partial charge in [-0.15, -0.1) is 0 Å². The van der Waals surface area contributed by atoms with Crippen molar-refractivity contribution in [1.82, 2.24) is 10.2 Å². The summed E-state index contributed by atoms with van der Waals surface area (Å²) in [6.07, 6.45) is 0.323. The lowest BCUT2D eigenvalue weighted by molar-refractivity contribution is -0.140. The van der Waals surface area contributed by atoms with Gasteiger partial charge in [0.15, 0.2) is 0 Å². The molecular formula is C28H31Cl2N3O4S. The molecule has 0 saturated heterocycles. The minimum atomic E-state index is -4.17. The van der Waals surface area contributed by atoms with Crippen molar-refractivity contribution in [2.75, 3.05) is 17.4 Å². The molecule has 202 valence electrons. The number of sulfonamides is 1. The number of rotatable bonds is 11. The fourth-order valence-electron chi connectivity index (χ4n) is 4.11. The number of halogens is 2. The predicted octanol–water partition coefficient (Wildman–Crippen LogP) is 5.44. The smallest absolute Gasteiger partial charge is 0.264 e. The lowest BCUT2D eigenvalue weighted by Gasteiger charge is -2.33. The Bertz CT molecular complexity index is 1380. The van der Waals surface area contributed by atoms with Crippen LogP contribution in [0.3, 0.4) is 0 Å². The van der Waals surface area contributed by atoms with Gasteiger partial charge in [-0.25, -0.2) is 8.42 Å². The summed E-state index contributed by atoms with van der Waals surface area (Å²) in [5, 5.41) is 3.54. The number of likely N-dealkylation sites (N-methyl/N-ethyl adjacent to an activating group) is 1. The quantitative estimate of drug-likeness (QED) is 0.330. The molecule has 1 atom stereocenters. The summed E-state index contributed by atoms with van der Waals surface area (Å²) < 4.78 is 28.8. The Labute approximate surface area is 234 Å². The van der Waals surface area contributed by atoms with Gasteiger partial charge in [-0.3, -0.25) is 13.9 Å². The molecule has 0 fully saturated rings. The van der Waals surface area contributed by atoms with Gasteiger partial charge in [0.25, 0.3) is 10.0 Å². The third-order valence-electron chi connectivity index (χ3n) is 6.09. The van der Waals surface area contributed by atoms with E-state index in [4.69, 9.17) is 23.2 Å². The van der Waals surface area contributed by atoms with Crippen LogP contribution in [0.5, 0.6) is 0 Å². The van der Waals surface area contributed by atoms with Crippen LogP contribution in [-0.4, -0.2) is 44.3 Å². The number of anilines is 1. The maximum atomic E-state index is 14.0. The van der Waals surface area contributed by atoms with Crippen molar-refractivity contribution >= 4 is 50.7 Å². The molecule has 38 heavy (non-hydrogen) atoms. The van der Waals surface area contributed by atoms with E-state index in [2.05, 4.69) is 5.32 Å². The van der Waals surface area contributed by atoms with Crippen LogP contribution in [0.1, 0.15) is 31.4 Å². The second-order valence-corrected chi connectivity index (χ2v) is 11.4. The van der Waals surface area contributed by atoms with E-state index in [0.29, 0.717) is 34.1 Å². The van der Waals surface area contributed by atoms with Gasteiger partial charge < -0.3 is 10.2 Å².